The first kappa shape index (κ1) is 17.2. The third kappa shape index (κ3) is 3.41. The van der Waals surface area contributed by atoms with Crippen molar-refractivity contribution in [1.29, 1.82) is 0 Å². The highest BCUT2D eigenvalue weighted by atomic mass is 16.2. The lowest BCUT2D eigenvalue weighted by atomic mass is 9.92. The molecule has 0 bridgehead atoms. The molecule has 134 valence electrons. The lowest BCUT2D eigenvalue weighted by molar-refractivity contribution is -0.117. The van der Waals surface area contributed by atoms with Crippen LogP contribution in [-0.2, 0) is 17.6 Å². The number of hydrogen-bond acceptors (Lipinski definition) is 2. The Morgan fingerprint density at radius 3 is 2.33 bits per heavy atom. The number of nitrogens with one attached hydrogen (secondary N) is 1. The molecule has 0 radical (unpaired) electrons. The van der Waals surface area contributed by atoms with E-state index in [1.54, 1.807) is 0 Å². The van der Waals surface area contributed by atoms with Gasteiger partial charge in [0.2, 0.25) is 5.91 Å². The summed E-state index contributed by atoms with van der Waals surface area (Å²) in [5, 5.41) is 2.95. The van der Waals surface area contributed by atoms with Crippen LogP contribution in [0, 0.1) is 0 Å². The molecule has 0 saturated carbocycles. The molecule has 3 aromatic rings. The Balaban J connectivity index is 1.60. The molecule has 0 aliphatic heterocycles. The minimum Gasteiger partial charge on any atom is -0.326 e. The van der Waals surface area contributed by atoms with E-state index in [1.807, 2.05) is 79.7 Å². The average molecular weight is 355 g/mol. The van der Waals surface area contributed by atoms with Gasteiger partial charge in [-0.3, -0.25) is 9.59 Å². The lowest BCUT2D eigenvalue weighted by Gasteiger charge is -2.15. The van der Waals surface area contributed by atoms with Gasteiger partial charge in [-0.1, -0.05) is 60.7 Å². The second-order valence-corrected chi connectivity index (χ2v) is 6.98. The van der Waals surface area contributed by atoms with Crippen molar-refractivity contribution in [3.05, 3.63) is 101 Å². The van der Waals surface area contributed by atoms with E-state index in [0.717, 1.165) is 46.3 Å². The molecule has 1 unspecified atom stereocenters. The minimum atomic E-state index is -0.295. The number of para-hydroxylation sites is 1. The predicted molar refractivity (Wildman–Crippen MR) is 107 cm³/mol. The zero-order valence-corrected chi connectivity index (χ0v) is 15.2. The standard InChI is InChI=1S/C24H21NO2/c1-16(24(27)25-20-8-3-2-4-9-20)18-13-14-22-19(15-18)12-11-17-7-5-6-10-21(17)23(22)26/h2-10,13-16H,11-12H2,1H3,(H,25,27). The summed E-state index contributed by atoms with van der Waals surface area (Å²) < 4.78 is 0. The van der Waals surface area contributed by atoms with Gasteiger partial charge in [0, 0.05) is 16.8 Å². The second-order valence-electron chi connectivity index (χ2n) is 6.98. The maximum absolute atomic E-state index is 12.9. The first-order valence-corrected chi connectivity index (χ1v) is 9.25. The summed E-state index contributed by atoms with van der Waals surface area (Å²) in [5.74, 6) is -0.272. The molecule has 4 rings (SSSR count). The fraction of sp³-hybridized carbons (Fsp3) is 0.167. The topological polar surface area (TPSA) is 46.2 Å². The molecule has 3 nitrogen and oxygen atoms in total. The Kier molecular flexibility index (Phi) is 4.59. The molecule has 3 aromatic carbocycles. The van der Waals surface area contributed by atoms with Gasteiger partial charge >= 0.3 is 0 Å². The number of anilines is 1. The normalized spacial score (nSPS) is 13.9. The summed E-state index contributed by atoms with van der Waals surface area (Å²) in [6.45, 7) is 1.90. The van der Waals surface area contributed by atoms with Crippen LogP contribution in [0.1, 0.15) is 45.5 Å². The molecule has 1 amide bonds. The van der Waals surface area contributed by atoms with Gasteiger partial charge in [0.25, 0.3) is 0 Å². The molecule has 3 heteroatoms. The largest absolute Gasteiger partial charge is 0.326 e. The van der Waals surface area contributed by atoms with Crippen molar-refractivity contribution in [3.8, 4) is 0 Å². The molecule has 0 fully saturated rings. The van der Waals surface area contributed by atoms with Gasteiger partial charge in [-0.05, 0) is 48.6 Å². The Hall–Kier alpha value is -3.20. The van der Waals surface area contributed by atoms with Crippen LogP contribution in [-0.4, -0.2) is 11.7 Å². The zero-order valence-electron chi connectivity index (χ0n) is 15.2. The van der Waals surface area contributed by atoms with Crippen LogP contribution in [0.4, 0.5) is 5.69 Å². The van der Waals surface area contributed by atoms with Gasteiger partial charge in [0.05, 0.1) is 5.92 Å². The maximum atomic E-state index is 12.9. The van der Waals surface area contributed by atoms with Crippen LogP contribution in [0.5, 0.6) is 0 Å². The van der Waals surface area contributed by atoms with Crippen molar-refractivity contribution < 1.29 is 9.59 Å². The van der Waals surface area contributed by atoms with Crippen molar-refractivity contribution in [2.45, 2.75) is 25.7 Å². The monoisotopic (exact) mass is 355 g/mol. The molecule has 1 aliphatic rings. The van der Waals surface area contributed by atoms with E-state index >= 15 is 0 Å². The van der Waals surface area contributed by atoms with Crippen LogP contribution in [0.3, 0.4) is 0 Å². The predicted octanol–water partition coefficient (Wildman–Crippen LogP) is 4.76. The molecule has 27 heavy (non-hydrogen) atoms. The number of aryl methyl sites for hydroxylation is 2. The number of benzene rings is 3. The summed E-state index contributed by atoms with van der Waals surface area (Å²) in [5.41, 5.74) is 5.37. The van der Waals surface area contributed by atoms with E-state index in [4.69, 9.17) is 0 Å². The van der Waals surface area contributed by atoms with Crippen molar-refractivity contribution in [1.82, 2.24) is 0 Å². The molecule has 0 heterocycles. The van der Waals surface area contributed by atoms with Crippen LogP contribution in [0.2, 0.25) is 0 Å². The molecule has 0 spiro atoms. The van der Waals surface area contributed by atoms with Crippen LogP contribution in [0.25, 0.3) is 0 Å². The highest BCUT2D eigenvalue weighted by Crippen LogP contribution is 2.28. The highest BCUT2D eigenvalue weighted by molar-refractivity contribution is 6.11. The number of carbonyl (C=O) groups is 2. The number of amides is 1. The number of rotatable bonds is 3. The van der Waals surface area contributed by atoms with Gasteiger partial charge in [-0.25, -0.2) is 0 Å². The van der Waals surface area contributed by atoms with Crippen molar-refractivity contribution in [3.63, 3.8) is 0 Å². The van der Waals surface area contributed by atoms with Crippen LogP contribution in [0.15, 0.2) is 72.8 Å². The van der Waals surface area contributed by atoms with Crippen LogP contribution >= 0.6 is 0 Å². The smallest absolute Gasteiger partial charge is 0.231 e. The molecule has 1 atom stereocenters. The third-order valence-electron chi connectivity index (χ3n) is 5.23. The van der Waals surface area contributed by atoms with Gasteiger partial charge in [0.15, 0.2) is 5.78 Å². The molecule has 0 aromatic heterocycles. The van der Waals surface area contributed by atoms with Gasteiger partial charge in [-0.15, -0.1) is 0 Å². The van der Waals surface area contributed by atoms with Crippen LogP contribution < -0.4 is 5.32 Å². The average Bonchev–Trinajstić information content (AvgIpc) is 2.85. The summed E-state index contributed by atoms with van der Waals surface area (Å²) in [6, 6.07) is 23.1. The van der Waals surface area contributed by atoms with E-state index in [1.165, 1.54) is 0 Å². The Morgan fingerprint density at radius 1 is 0.852 bits per heavy atom. The SMILES string of the molecule is CC(C(=O)Nc1ccccc1)c1ccc2c(c1)CCc1ccccc1C2=O. The van der Waals surface area contributed by atoms with Gasteiger partial charge in [-0.2, -0.15) is 0 Å². The Morgan fingerprint density at radius 2 is 1.52 bits per heavy atom. The van der Waals surface area contributed by atoms with Crippen molar-refractivity contribution in [2.75, 3.05) is 5.32 Å². The number of carbonyl (C=O) groups excluding carboxylic acids is 2. The fourth-order valence-electron chi connectivity index (χ4n) is 3.61. The summed E-state index contributed by atoms with van der Waals surface area (Å²) in [4.78, 5) is 25.5. The highest BCUT2D eigenvalue weighted by Gasteiger charge is 2.23. The van der Waals surface area contributed by atoms with E-state index in [0.29, 0.717) is 0 Å². The Labute approximate surface area is 159 Å². The quantitative estimate of drug-likeness (QED) is 0.736. The van der Waals surface area contributed by atoms with Gasteiger partial charge in [0.1, 0.15) is 0 Å². The number of ketones is 1. The number of hydrogen-bond donors (Lipinski definition) is 1. The van der Waals surface area contributed by atoms with Crippen molar-refractivity contribution in [2.24, 2.45) is 0 Å². The fourth-order valence-corrected chi connectivity index (χ4v) is 3.61. The number of fused-ring (bicyclic) bond motifs is 2. The molecule has 1 aliphatic carbocycles. The lowest BCUT2D eigenvalue weighted by Crippen LogP contribution is -2.19. The molecular weight excluding hydrogens is 334 g/mol. The van der Waals surface area contributed by atoms with E-state index < -0.39 is 0 Å². The Bertz CT molecular complexity index is 1010. The first-order valence-electron chi connectivity index (χ1n) is 9.25. The van der Waals surface area contributed by atoms with Gasteiger partial charge < -0.3 is 5.32 Å². The molecular formula is C24H21NO2. The van der Waals surface area contributed by atoms with E-state index in [9.17, 15) is 9.59 Å². The first-order chi connectivity index (χ1) is 13.1. The second kappa shape index (κ2) is 7.20. The summed E-state index contributed by atoms with van der Waals surface area (Å²) in [7, 11) is 0. The molecule has 0 saturated heterocycles. The summed E-state index contributed by atoms with van der Waals surface area (Å²) in [6.07, 6.45) is 1.64. The third-order valence-corrected chi connectivity index (χ3v) is 5.23. The zero-order chi connectivity index (χ0) is 18.8. The van der Waals surface area contributed by atoms with Crippen molar-refractivity contribution >= 4 is 17.4 Å². The van der Waals surface area contributed by atoms with E-state index in [-0.39, 0.29) is 17.6 Å². The summed E-state index contributed by atoms with van der Waals surface area (Å²) >= 11 is 0. The molecule has 1 N–H and O–H groups in total. The minimum absolute atomic E-state index is 0.0515. The maximum Gasteiger partial charge on any atom is 0.231 e. The van der Waals surface area contributed by atoms with E-state index in [2.05, 4.69) is 5.32 Å².